The molecule has 0 atom stereocenters. The molecule has 0 aliphatic carbocycles. The predicted octanol–water partition coefficient (Wildman–Crippen LogP) is 3.19. The summed E-state index contributed by atoms with van der Waals surface area (Å²) in [6.07, 6.45) is 1.58. The maximum Gasteiger partial charge on any atom is 0.277 e. The predicted molar refractivity (Wildman–Crippen MR) is 78.7 cm³/mol. The standard InChI is InChI=1S/C12H10BrClN4O/c1-15-9-5-4-8(14)10(17-9)12(19)18-11-7(13)3-2-6-16-11/h2-6H,1H3,(H,15,17)(H,16,18,19). The molecule has 0 spiro atoms. The van der Waals surface area contributed by atoms with Crippen LogP contribution in [0.2, 0.25) is 5.02 Å². The van der Waals surface area contributed by atoms with Crippen LogP contribution in [0, 0.1) is 0 Å². The molecular weight excluding hydrogens is 332 g/mol. The summed E-state index contributed by atoms with van der Waals surface area (Å²) in [6, 6.07) is 6.84. The van der Waals surface area contributed by atoms with Crippen molar-refractivity contribution < 1.29 is 4.79 Å². The van der Waals surface area contributed by atoms with Gasteiger partial charge in [-0.15, -0.1) is 0 Å². The number of halogens is 2. The lowest BCUT2D eigenvalue weighted by Gasteiger charge is -2.08. The molecule has 0 saturated heterocycles. The number of nitrogens with one attached hydrogen (secondary N) is 2. The van der Waals surface area contributed by atoms with Crippen LogP contribution in [-0.4, -0.2) is 22.9 Å². The molecule has 2 rings (SSSR count). The van der Waals surface area contributed by atoms with Crippen molar-refractivity contribution in [2.75, 3.05) is 17.7 Å². The number of hydrogen-bond acceptors (Lipinski definition) is 4. The number of rotatable bonds is 3. The quantitative estimate of drug-likeness (QED) is 0.900. The summed E-state index contributed by atoms with van der Waals surface area (Å²) >= 11 is 9.27. The average molecular weight is 342 g/mol. The molecule has 7 heteroatoms. The lowest BCUT2D eigenvalue weighted by Crippen LogP contribution is -2.16. The molecule has 0 aliphatic heterocycles. The van der Waals surface area contributed by atoms with Crippen molar-refractivity contribution in [2.24, 2.45) is 0 Å². The van der Waals surface area contributed by atoms with Gasteiger partial charge in [0, 0.05) is 13.2 Å². The maximum atomic E-state index is 12.1. The molecule has 0 saturated carbocycles. The Kier molecular flexibility index (Phi) is 4.34. The summed E-state index contributed by atoms with van der Waals surface area (Å²) in [5.74, 6) is 0.566. The largest absolute Gasteiger partial charge is 0.373 e. The van der Waals surface area contributed by atoms with Crippen molar-refractivity contribution in [1.82, 2.24) is 9.97 Å². The molecule has 2 N–H and O–H groups in total. The van der Waals surface area contributed by atoms with Crippen molar-refractivity contribution in [1.29, 1.82) is 0 Å². The van der Waals surface area contributed by atoms with Gasteiger partial charge in [-0.1, -0.05) is 11.6 Å². The molecular formula is C12H10BrClN4O. The van der Waals surface area contributed by atoms with Crippen molar-refractivity contribution >= 4 is 45.1 Å². The Hall–Kier alpha value is -1.66. The van der Waals surface area contributed by atoms with Gasteiger partial charge in [-0.25, -0.2) is 9.97 Å². The minimum atomic E-state index is -0.415. The fourth-order valence-electron chi connectivity index (χ4n) is 1.39. The molecule has 98 valence electrons. The van der Waals surface area contributed by atoms with Crippen LogP contribution in [0.3, 0.4) is 0 Å². The van der Waals surface area contributed by atoms with Crippen molar-refractivity contribution in [3.8, 4) is 0 Å². The molecule has 2 aromatic rings. The zero-order valence-electron chi connectivity index (χ0n) is 9.95. The van der Waals surface area contributed by atoms with Crippen molar-refractivity contribution in [3.05, 3.63) is 45.7 Å². The van der Waals surface area contributed by atoms with Crippen LogP contribution in [0.25, 0.3) is 0 Å². The van der Waals surface area contributed by atoms with Crippen LogP contribution in [0.5, 0.6) is 0 Å². The van der Waals surface area contributed by atoms with E-state index in [1.165, 1.54) is 0 Å². The van der Waals surface area contributed by atoms with E-state index >= 15 is 0 Å². The van der Waals surface area contributed by atoms with Gasteiger partial charge < -0.3 is 10.6 Å². The number of carbonyl (C=O) groups is 1. The Labute approximate surface area is 123 Å². The molecule has 0 unspecified atom stereocenters. The van der Waals surface area contributed by atoms with Crippen LogP contribution < -0.4 is 10.6 Å². The summed E-state index contributed by atoms with van der Waals surface area (Å²) in [4.78, 5) is 20.3. The second kappa shape index (κ2) is 5.99. The lowest BCUT2D eigenvalue weighted by molar-refractivity contribution is 0.102. The minimum Gasteiger partial charge on any atom is -0.373 e. The molecule has 0 bridgehead atoms. The minimum absolute atomic E-state index is 0.145. The Bertz CT molecular complexity index is 620. The molecule has 2 aromatic heterocycles. The Morgan fingerprint density at radius 3 is 2.84 bits per heavy atom. The fourth-order valence-corrected chi connectivity index (χ4v) is 1.93. The van der Waals surface area contributed by atoms with Gasteiger partial charge in [-0.2, -0.15) is 0 Å². The zero-order valence-corrected chi connectivity index (χ0v) is 12.3. The third kappa shape index (κ3) is 3.21. The summed E-state index contributed by atoms with van der Waals surface area (Å²) in [5, 5.41) is 5.78. The van der Waals surface area contributed by atoms with Gasteiger partial charge in [-0.3, -0.25) is 4.79 Å². The van der Waals surface area contributed by atoms with Gasteiger partial charge in [0.15, 0.2) is 0 Å². The van der Waals surface area contributed by atoms with Crippen molar-refractivity contribution in [2.45, 2.75) is 0 Å². The average Bonchev–Trinajstić information content (AvgIpc) is 2.42. The monoisotopic (exact) mass is 340 g/mol. The highest BCUT2D eigenvalue weighted by Crippen LogP contribution is 2.21. The summed E-state index contributed by atoms with van der Waals surface area (Å²) in [5.41, 5.74) is 0.145. The zero-order chi connectivity index (χ0) is 13.8. The molecule has 2 heterocycles. The fraction of sp³-hybridized carbons (Fsp3) is 0.0833. The first kappa shape index (κ1) is 13.8. The van der Waals surface area contributed by atoms with E-state index in [-0.39, 0.29) is 10.7 Å². The topological polar surface area (TPSA) is 66.9 Å². The highest BCUT2D eigenvalue weighted by atomic mass is 79.9. The Morgan fingerprint density at radius 2 is 2.16 bits per heavy atom. The van der Waals surface area contributed by atoms with E-state index in [2.05, 4.69) is 36.5 Å². The maximum absolute atomic E-state index is 12.1. The number of anilines is 2. The van der Waals surface area contributed by atoms with Crippen molar-refractivity contribution in [3.63, 3.8) is 0 Å². The third-order valence-electron chi connectivity index (χ3n) is 2.31. The second-order valence-electron chi connectivity index (χ2n) is 3.56. The molecule has 19 heavy (non-hydrogen) atoms. The van der Waals surface area contributed by atoms with Gasteiger partial charge in [0.2, 0.25) is 0 Å². The number of aromatic nitrogens is 2. The third-order valence-corrected chi connectivity index (χ3v) is 3.25. The second-order valence-corrected chi connectivity index (χ2v) is 4.83. The molecule has 0 fully saturated rings. The van der Waals surface area contributed by atoms with Crippen LogP contribution in [0.4, 0.5) is 11.6 Å². The van der Waals surface area contributed by atoms with E-state index in [9.17, 15) is 4.79 Å². The first-order valence-corrected chi connectivity index (χ1v) is 6.55. The van der Waals surface area contributed by atoms with Crippen LogP contribution in [0.15, 0.2) is 34.9 Å². The number of hydrogen-bond donors (Lipinski definition) is 2. The SMILES string of the molecule is CNc1ccc(Cl)c(C(=O)Nc2ncccc2Br)n1. The number of amides is 1. The molecule has 0 aromatic carbocycles. The van der Waals surface area contributed by atoms with Gasteiger partial charge >= 0.3 is 0 Å². The van der Waals surface area contributed by atoms with Crippen LogP contribution >= 0.6 is 27.5 Å². The van der Waals surface area contributed by atoms with E-state index in [1.807, 2.05) is 0 Å². The van der Waals surface area contributed by atoms with E-state index in [0.717, 1.165) is 0 Å². The van der Waals surface area contributed by atoms with E-state index in [1.54, 1.807) is 37.5 Å². The van der Waals surface area contributed by atoms with E-state index < -0.39 is 5.91 Å². The van der Waals surface area contributed by atoms with E-state index in [0.29, 0.717) is 16.1 Å². The lowest BCUT2D eigenvalue weighted by atomic mass is 10.3. The Balaban J connectivity index is 2.28. The smallest absolute Gasteiger partial charge is 0.277 e. The van der Waals surface area contributed by atoms with Gasteiger partial charge in [0.25, 0.3) is 5.91 Å². The van der Waals surface area contributed by atoms with Gasteiger partial charge in [-0.05, 0) is 40.2 Å². The van der Waals surface area contributed by atoms with Gasteiger partial charge in [0.1, 0.15) is 17.3 Å². The molecule has 1 amide bonds. The number of carbonyl (C=O) groups excluding carboxylic acids is 1. The highest BCUT2D eigenvalue weighted by Gasteiger charge is 2.14. The van der Waals surface area contributed by atoms with Crippen LogP contribution in [0.1, 0.15) is 10.5 Å². The normalized spacial score (nSPS) is 10.1. The highest BCUT2D eigenvalue weighted by molar-refractivity contribution is 9.10. The van der Waals surface area contributed by atoms with Crippen LogP contribution in [-0.2, 0) is 0 Å². The first-order valence-electron chi connectivity index (χ1n) is 5.38. The summed E-state index contributed by atoms with van der Waals surface area (Å²) in [6.45, 7) is 0. The summed E-state index contributed by atoms with van der Waals surface area (Å²) in [7, 11) is 1.72. The molecule has 0 radical (unpaired) electrons. The molecule has 0 aliphatic rings. The Morgan fingerprint density at radius 1 is 1.37 bits per heavy atom. The summed E-state index contributed by atoms with van der Waals surface area (Å²) < 4.78 is 0.684. The van der Waals surface area contributed by atoms with Gasteiger partial charge in [0.05, 0.1) is 9.50 Å². The van der Waals surface area contributed by atoms with E-state index in [4.69, 9.17) is 11.6 Å². The first-order chi connectivity index (χ1) is 9.11. The number of pyridine rings is 2. The molecule has 5 nitrogen and oxygen atoms in total. The number of nitrogens with zero attached hydrogens (tertiary/aromatic N) is 2.